The number of para-hydroxylation sites is 3. The highest BCUT2D eigenvalue weighted by molar-refractivity contribution is 8.00. The summed E-state index contributed by atoms with van der Waals surface area (Å²) in [5.41, 5.74) is 1.97. The van der Waals surface area contributed by atoms with Crippen molar-refractivity contribution in [2.75, 3.05) is 11.9 Å². The lowest BCUT2D eigenvalue weighted by Gasteiger charge is -2.15. The van der Waals surface area contributed by atoms with E-state index in [4.69, 9.17) is 4.74 Å². The van der Waals surface area contributed by atoms with E-state index in [9.17, 15) is 9.59 Å². The molecule has 160 valence electrons. The molecular formula is C24H25N3O3S. The second-order valence-corrected chi connectivity index (χ2v) is 8.81. The Morgan fingerprint density at radius 2 is 1.90 bits per heavy atom. The highest BCUT2D eigenvalue weighted by atomic mass is 32.2. The molecule has 1 atom stereocenters. The van der Waals surface area contributed by atoms with Crippen LogP contribution in [-0.2, 0) is 4.79 Å². The molecule has 2 N–H and O–H groups in total. The van der Waals surface area contributed by atoms with Gasteiger partial charge in [-0.25, -0.2) is 4.98 Å². The Balaban J connectivity index is 1.53. The topological polar surface area (TPSA) is 80.3 Å². The van der Waals surface area contributed by atoms with Gasteiger partial charge >= 0.3 is 0 Å². The van der Waals surface area contributed by atoms with Crippen molar-refractivity contribution >= 4 is 40.2 Å². The van der Waals surface area contributed by atoms with Crippen molar-refractivity contribution in [1.82, 2.24) is 10.3 Å². The van der Waals surface area contributed by atoms with Gasteiger partial charge in [-0.1, -0.05) is 42.1 Å². The van der Waals surface area contributed by atoms with Gasteiger partial charge in [0.2, 0.25) is 5.91 Å². The first-order valence-corrected chi connectivity index (χ1v) is 11.3. The predicted molar refractivity (Wildman–Crippen MR) is 124 cm³/mol. The highest BCUT2D eigenvalue weighted by Crippen LogP contribution is 2.30. The molecule has 0 spiro atoms. The zero-order valence-corrected chi connectivity index (χ0v) is 18.4. The molecule has 1 unspecified atom stereocenters. The minimum atomic E-state index is -0.414. The number of hydrogen-bond donors (Lipinski definition) is 2. The number of anilines is 1. The summed E-state index contributed by atoms with van der Waals surface area (Å²) in [6, 6.07) is 17.0. The van der Waals surface area contributed by atoms with Crippen molar-refractivity contribution in [1.29, 1.82) is 0 Å². The van der Waals surface area contributed by atoms with Crippen LogP contribution < -0.4 is 15.4 Å². The fraction of sp³-hybridized carbons (Fsp3) is 0.292. The normalized spacial score (nSPS) is 14.1. The van der Waals surface area contributed by atoms with Gasteiger partial charge in [-0.05, 0) is 51.0 Å². The van der Waals surface area contributed by atoms with Crippen LogP contribution in [0.4, 0.5) is 5.69 Å². The van der Waals surface area contributed by atoms with Crippen molar-refractivity contribution in [2.45, 2.75) is 43.0 Å². The van der Waals surface area contributed by atoms with Crippen molar-refractivity contribution in [2.24, 2.45) is 0 Å². The Hall–Kier alpha value is -3.06. The van der Waals surface area contributed by atoms with Gasteiger partial charge in [0, 0.05) is 11.4 Å². The van der Waals surface area contributed by atoms with Gasteiger partial charge in [-0.15, -0.1) is 0 Å². The Morgan fingerprint density at radius 1 is 1.16 bits per heavy atom. The van der Waals surface area contributed by atoms with E-state index >= 15 is 0 Å². The molecule has 3 aromatic rings. The summed E-state index contributed by atoms with van der Waals surface area (Å²) >= 11 is 1.33. The number of ether oxygens (including phenoxy) is 1. The number of nitrogens with zero attached hydrogens (tertiary/aromatic N) is 1. The largest absolute Gasteiger partial charge is 0.492 e. The van der Waals surface area contributed by atoms with E-state index in [0.717, 1.165) is 23.7 Å². The molecule has 0 saturated heterocycles. The molecule has 1 aliphatic carbocycles. The minimum absolute atomic E-state index is 0.0919. The maximum Gasteiger partial charge on any atom is 0.252 e. The summed E-state index contributed by atoms with van der Waals surface area (Å²) in [4.78, 5) is 30.3. The van der Waals surface area contributed by atoms with Crippen LogP contribution in [-0.4, -0.2) is 34.7 Å². The summed E-state index contributed by atoms with van der Waals surface area (Å²) in [5, 5.41) is 7.02. The smallest absolute Gasteiger partial charge is 0.252 e. The zero-order chi connectivity index (χ0) is 21.8. The molecule has 1 heterocycles. The highest BCUT2D eigenvalue weighted by Gasteiger charge is 2.25. The number of fused-ring (bicyclic) bond motifs is 1. The quantitative estimate of drug-likeness (QED) is 0.504. The van der Waals surface area contributed by atoms with Crippen molar-refractivity contribution in [3.63, 3.8) is 0 Å². The van der Waals surface area contributed by atoms with Crippen LogP contribution in [0.15, 0.2) is 59.6 Å². The number of aromatic nitrogens is 1. The lowest BCUT2D eigenvalue weighted by Crippen LogP contribution is -2.26. The van der Waals surface area contributed by atoms with Crippen molar-refractivity contribution in [3.8, 4) is 5.75 Å². The van der Waals surface area contributed by atoms with Gasteiger partial charge in [0.05, 0.1) is 33.7 Å². The van der Waals surface area contributed by atoms with E-state index in [1.165, 1.54) is 11.8 Å². The number of benzene rings is 2. The third kappa shape index (κ3) is 5.17. The molecule has 2 amide bonds. The molecule has 2 aromatic carbocycles. The minimum Gasteiger partial charge on any atom is -0.492 e. The summed E-state index contributed by atoms with van der Waals surface area (Å²) in [6.45, 7) is 4.24. The lowest BCUT2D eigenvalue weighted by atomic mass is 10.1. The van der Waals surface area contributed by atoms with Crippen molar-refractivity contribution < 1.29 is 14.3 Å². The molecule has 7 heteroatoms. The molecule has 1 fully saturated rings. The van der Waals surface area contributed by atoms with Gasteiger partial charge in [-0.2, -0.15) is 0 Å². The first kappa shape index (κ1) is 21.2. The second-order valence-electron chi connectivity index (χ2n) is 7.45. The molecule has 31 heavy (non-hydrogen) atoms. The predicted octanol–water partition coefficient (Wildman–Crippen LogP) is 4.65. The second kappa shape index (κ2) is 9.39. The number of amides is 2. The van der Waals surface area contributed by atoms with Gasteiger partial charge in [0.25, 0.3) is 5.91 Å². The number of pyridine rings is 1. The number of carbonyl (C=O) groups is 2. The summed E-state index contributed by atoms with van der Waals surface area (Å²) < 4.78 is 5.58. The molecule has 6 nitrogen and oxygen atoms in total. The van der Waals surface area contributed by atoms with Crippen molar-refractivity contribution in [3.05, 3.63) is 60.2 Å². The van der Waals surface area contributed by atoms with E-state index < -0.39 is 5.25 Å². The molecule has 1 aromatic heterocycles. The molecule has 1 saturated carbocycles. The van der Waals surface area contributed by atoms with E-state index in [-0.39, 0.29) is 17.9 Å². The molecule has 4 rings (SSSR count). The van der Waals surface area contributed by atoms with Gasteiger partial charge < -0.3 is 15.4 Å². The van der Waals surface area contributed by atoms with Crippen LogP contribution in [0.2, 0.25) is 0 Å². The fourth-order valence-corrected chi connectivity index (χ4v) is 4.08. The monoisotopic (exact) mass is 435 g/mol. The Bertz CT molecular complexity index is 1110. The fourth-order valence-electron chi connectivity index (χ4n) is 3.21. The number of rotatable bonds is 8. The van der Waals surface area contributed by atoms with E-state index in [1.54, 1.807) is 6.07 Å². The van der Waals surface area contributed by atoms with Gasteiger partial charge in [-0.3, -0.25) is 9.59 Å². The summed E-state index contributed by atoms with van der Waals surface area (Å²) in [7, 11) is 0. The SMILES string of the molecule is CCOc1ccccc1NC(=O)C(C)Sc1cc(C(=O)NC2CC2)c2ccccc2n1. The standard InChI is InChI=1S/C24H25N3O3S/c1-3-30-21-11-7-6-10-20(21)27-23(28)15(2)31-22-14-18(24(29)25-16-12-13-16)17-8-4-5-9-19(17)26-22/h4-11,14-16H,3,12-13H2,1-2H3,(H,25,29)(H,27,28). The summed E-state index contributed by atoms with van der Waals surface area (Å²) in [6.07, 6.45) is 2.05. The van der Waals surface area contributed by atoms with Crippen LogP contribution in [0.3, 0.4) is 0 Å². The Kier molecular flexibility index (Phi) is 6.42. The number of carbonyl (C=O) groups excluding carboxylic acids is 2. The molecule has 1 aliphatic rings. The van der Waals surface area contributed by atoms with E-state index in [0.29, 0.717) is 28.6 Å². The maximum atomic E-state index is 12.8. The van der Waals surface area contributed by atoms with E-state index in [1.807, 2.05) is 62.4 Å². The first-order valence-electron chi connectivity index (χ1n) is 10.4. The number of nitrogens with one attached hydrogen (secondary N) is 2. The Morgan fingerprint density at radius 3 is 2.68 bits per heavy atom. The Labute approximate surface area is 185 Å². The lowest BCUT2D eigenvalue weighted by molar-refractivity contribution is -0.115. The van der Waals surface area contributed by atoms with Crippen LogP contribution in [0, 0.1) is 0 Å². The zero-order valence-electron chi connectivity index (χ0n) is 17.6. The van der Waals surface area contributed by atoms with Crippen LogP contribution in [0.25, 0.3) is 10.9 Å². The number of thioether (sulfide) groups is 1. The maximum absolute atomic E-state index is 12.8. The van der Waals surface area contributed by atoms with Crippen LogP contribution in [0.1, 0.15) is 37.0 Å². The average molecular weight is 436 g/mol. The third-order valence-corrected chi connectivity index (χ3v) is 5.98. The third-order valence-electron chi connectivity index (χ3n) is 4.96. The summed E-state index contributed by atoms with van der Waals surface area (Å²) in [5.74, 6) is 0.389. The van der Waals surface area contributed by atoms with E-state index in [2.05, 4.69) is 15.6 Å². The molecule has 0 radical (unpaired) electrons. The van der Waals surface area contributed by atoms with Crippen LogP contribution >= 0.6 is 11.8 Å². The average Bonchev–Trinajstić information content (AvgIpc) is 3.58. The molecular weight excluding hydrogens is 410 g/mol. The molecule has 0 bridgehead atoms. The van der Waals surface area contributed by atoms with Crippen LogP contribution in [0.5, 0.6) is 5.75 Å². The van der Waals surface area contributed by atoms with Gasteiger partial charge in [0.15, 0.2) is 0 Å². The first-order chi connectivity index (χ1) is 15.0. The van der Waals surface area contributed by atoms with Gasteiger partial charge in [0.1, 0.15) is 5.75 Å². The molecule has 0 aliphatic heterocycles. The number of hydrogen-bond acceptors (Lipinski definition) is 5.